The topological polar surface area (TPSA) is 79.5 Å². The molecule has 7 nitrogen and oxygen atoms in total. The number of nitrogens with zero attached hydrogens (tertiary/aromatic N) is 2. The third-order valence-electron chi connectivity index (χ3n) is 5.29. The maximum absolute atomic E-state index is 12.9. The van der Waals surface area contributed by atoms with Gasteiger partial charge in [-0.25, -0.2) is 0 Å². The molecule has 8 heteroatoms. The average molecular weight is 475 g/mol. The zero-order chi connectivity index (χ0) is 23.9. The van der Waals surface area contributed by atoms with Gasteiger partial charge in [0.2, 0.25) is 0 Å². The van der Waals surface area contributed by atoms with E-state index in [0.717, 1.165) is 33.7 Å². The Balaban J connectivity index is 1.61. The van der Waals surface area contributed by atoms with Crippen LogP contribution in [0.4, 0.5) is 5.69 Å². The monoisotopic (exact) mass is 474 g/mol. The third kappa shape index (κ3) is 5.71. The maximum atomic E-state index is 12.9. The number of hydrogen-bond donors (Lipinski definition) is 2. The summed E-state index contributed by atoms with van der Waals surface area (Å²) in [5, 5.41) is 4.66. The molecule has 4 rings (SSSR count). The molecule has 0 saturated heterocycles. The van der Waals surface area contributed by atoms with E-state index in [9.17, 15) is 4.79 Å². The lowest BCUT2D eigenvalue weighted by Crippen LogP contribution is -2.35. The SMILES string of the molecule is CCOc1ccc(NC(=S)N(Cc2cccnc2)Cc2cc3cc(OC)ccc3[nH]c2=O)cc1. The summed E-state index contributed by atoms with van der Waals surface area (Å²) in [7, 11) is 1.62. The number of pyridine rings is 2. The Hall–Kier alpha value is -3.91. The minimum Gasteiger partial charge on any atom is -0.497 e. The van der Waals surface area contributed by atoms with Crippen molar-refractivity contribution in [1.29, 1.82) is 0 Å². The van der Waals surface area contributed by atoms with E-state index in [-0.39, 0.29) is 5.56 Å². The van der Waals surface area contributed by atoms with Crippen molar-refractivity contribution < 1.29 is 9.47 Å². The normalized spacial score (nSPS) is 10.6. The van der Waals surface area contributed by atoms with Crippen molar-refractivity contribution in [2.45, 2.75) is 20.0 Å². The largest absolute Gasteiger partial charge is 0.497 e. The van der Waals surface area contributed by atoms with Crippen molar-refractivity contribution in [3.8, 4) is 11.5 Å². The molecule has 0 radical (unpaired) electrons. The molecule has 0 saturated carbocycles. The van der Waals surface area contributed by atoms with E-state index in [4.69, 9.17) is 21.7 Å². The molecular weight excluding hydrogens is 448 g/mol. The molecule has 2 aromatic heterocycles. The number of rotatable bonds is 8. The van der Waals surface area contributed by atoms with E-state index in [2.05, 4.69) is 15.3 Å². The molecule has 0 atom stereocenters. The van der Waals surface area contributed by atoms with Crippen molar-refractivity contribution in [2.24, 2.45) is 0 Å². The predicted molar refractivity (Wildman–Crippen MR) is 138 cm³/mol. The van der Waals surface area contributed by atoms with Crippen LogP contribution in [0, 0.1) is 0 Å². The molecule has 2 N–H and O–H groups in total. The highest BCUT2D eigenvalue weighted by Crippen LogP contribution is 2.21. The number of aromatic nitrogens is 2. The number of nitrogens with one attached hydrogen (secondary N) is 2. The summed E-state index contributed by atoms with van der Waals surface area (Å²) in [4.78, 5) is 22.0. The van der Waals surface area contributed by atoms with Gasteiger partial charge < -0.3 is 24.7 Å². The zero-order valence-electron chi connectivity index (χ0n) is 19.1. The summed E-state index contributed by atoms with van der Waals surface area (Å²) in [6.45, 7) is 3.37. The summed E-state index contributed by atoms with van der Waals surface area (Å²) in [5.41, 5.74) is 3.01. The van der Waals surface area contributed by atoms with E-state index in [1.807, 2.05) is 72.5 Å². The minimum atomic E-state index is -0.155. The number of benzene rings is 2. The van der Waals surface area contributed by atoms with E-state index < -0.39 is 0 Å². The van der Waals surface area contributed by atoms with Crippen molar-refractivity contribution in [3.63, 3.8) is 0 Å². The van der Waals surface area contributed by atoms with Crippen LogP contribution in [0.1, 0.15) is 18.1 Å². The van der Waals surface area contributed by atoms with Gasteiger partial charge in [-0.05, 0) is 79.3 Å². The molecule has 0 fully saturated rings. The van der Waals surface area contributed by atoms with Gasteiger partial charge >= 0.3 is 0 Å². The molecule has 0 amide bonds. The minimum absolute atomic E-state index is 0.155. The summed E-state index contributed by atoms with van der Waals surface area (Å²) in [6, 6.07) is 18.9. The number of H-pyrrole nitrogens is 1. The van der Waals surface area contributed by atoms with Crippen LogP contribution in [0.2, 0.25) is 0 Å². The Morgan fingerprint density at radius 3 is 2.59 bits per heavy atom. The molecule has 34 heavy (non-hydrogen) atoms. The second-order valence-electron chi connectivity index (χ2n) is 7.68. The summed E-state index contributed by atoms with van der Waals surface area (Å²) in [6.07, 6.45) is 3.52. The summed E-state index contributed by atoms with van der Waals surface area (Å²) >= 11 is 5.75. The maximum Gasteiger partial charge on any atom is 0.253 e. The van der Waals surface area contributed by atoms with Gasteiger partial charge in [0.15, 0.2) is 5.11 Å². The first-order valence-electron chi connectivity index (χ1n) is 10.9. The molecule has 2 heterocycles. The van der Waals surface area contributed by atoms with Crippen molar-refractivity contribution in [2.75, 3.05) is 19.0 Å². The van der Waals surface area contributed by atoms with Crippen LogP contribution in [0.3, 0.4) is 0 Å². The second-order valence-corrected chi connectivity index (χ2v) is 8.07. The van der Waals surface area contributed by atoms with E-state index >= 15 is 0 Å². The highest BCUT2D eigenvalue weighted by atomic mass is 32.1. The van der Waals surface area contributed by atoms with Crippen LogP contribution in [0.25, 0.3) is 10.9 Å². The third-order valence-corrected chi connectivity index (χ3v) is 5.65. The smallest absolute Gasteiger partial charge is 0.253 e. The van der Waals surface area contributed by atoms with Crippen LogP contribution in [0.5, 0.6) is 11.5 Å². The molecular formula is C26H26N4O3S. The number of aromatic amines is 1. The fourth-order valence-electron chi connectivity index (χ4n) is 3.60. The van der Waals surface area contributed by atoms with Gasteiger partial charge in [0.1, 0.15) is 11.5 Å². The highest BCUT2D eigenvalue weighted by molar-refractivity contribution is 7.80. The van der Waals surface area contributed by atoms with Gasteiger partial charge in [-0.15, -0.1) is 0 Å². The van der Waals surface area contributed by atoms with Crippen LogP contribution in [0.15, 0.2) is 77.9 Å². The van der Waals surface area contributed by atoms with Gasteiger partial charge in [-0.3, -0.25) is 9.78 Å². The Morgan fingerprint density at radius 1 is 1.09 bits per heavy atom. The first kappa shape index (κ1) is 23.3. The first-order valence-corrected chi connectivity index (χ1v) is 11.3. The lowest BCUT2D eigenvalue weighted by Gasteiger charge is -2.26. The highest BCUT2D eigenvalue weighted by Gasteiger charge is 2.15. The molecule has 174 valence electrons. The lowest BCUT2D eigenvalue weighted by molar-refractivity contribution is 0.340. The average Bonchev–Trinajstić information content (AvgIpc) is 2.85. The van der Waals surface area contributed by atoms with Crippen LogP contribution >= 0.6 is 12.2 Å². The van der Waals surface area contributed by atoms with E-state index in [1.54, 1.807) is 19.5 Å². The van der Waals surface area contributed by atoms with Gasteiger partial charge in [-0.2, -0.15) is 0 Å². The standard InChI is InChI=1S/C26H26N4O3S/c1-3-33-22-8-6-21(7-9-22)28-26(34)30(16-18-5-4-12-27-15-18)17-20-13-19-14-23(32-2)10-11-24(19)29-25(20)31/h4-15H,3,16-17H2,1-2H3,(H,28,34)(H,29,31). The van der Waals surface area contributed by atoms with Gasteiger partial charge in [-0.1, -0.05) is 6.07 Å². The Labute approximate surface area is 203 Å². The van der Waals surface area contributed by atoms with Crippen LogP contribution < -0.4 is 20.3 Å². The quantitative estimate of drug-likeness (QED) is 0.358. The fraction of sp³-hybridized carbons (Fsp3) is 0.192. The molecule has 0 aliphatic rings. The number of thiocarbonyl (C=S) groups is 1. The lowest BCUT2D eigenvalue weighted by atomic mass is 10.1. The van der Waals surface area contributed by atoms with Crippen molar-refractivity contribution in [1.82, 2.24) is 14.9 Å². The number of fused-ring (bicyclic) bond motifs is 1. The molecule has 0 aliphatic heterocycles. The second kappa shape index (κ2) is 10.8. The van der Waals surface area contributed by atoms with Crippen molar-refractivity contribution in [3.05, 3.63) is 94.5 Å². The van der Waals surface area contributed by atoms with Gasteiger partial charge in [0.05, 0.1) is 20.3 Å². The Morgan fingerprint density at radius 2 is 1.88 bits per heavy atom. The number of hydrogen-bond acceptors (Lipinski definition) is 5. The molecule has 0 spiro atoms. The van der Waals surface area contributed by atoms with Gasteiger partial charge in [0.25, 0.3) is 5.56 Å². The van der Waals surface area contributed by atoms with E-state index in [1.165, 1.54) is 0 Å². The van der Waals surface area contributed by atoms with Gasteiger partial charge in [0, 0.05) is 41.1 Å². The number of anilines is 1. The predicted octanol–water partition coefficient (Wildman–Crippen LogP) is 4.73. The number of ether oxygens (including phenoxy) is 2. The molecule has 0 aliphatic carbocycles. The summed E-state index contributed by atoms with van der Waals surface area (Å²) < 4.78 is 10.8. The van der Waals surface area contributed by atoms with Crippen molar-refractivity contribution >= 4 is 33.9 Å². The molecule has 4 aromatic rings. The Bertz CT molecular complexity index is 1320. The molecule has 2 aromatic carbocycles. The molecule has 0 bridgehead atoms. The summed E-state index contributed by atoms with van der Waals surface area (Å²) in [5.74, 6) is 1.52. The Kier molecular flexibility index (Phi) is 7.39. The van der Waals surface area contributed by atoms with E-state index in [0.29, 0.717) is 30.4 Å². The fourth-order valence-corrected chi connectivity index (χ4v) is 3.84. The zero-order valence-corrected chi connectivity index (χ0v) is 19.9. The first-order chi connectivity index (χ1) is 16.6. The number of methoxy groups -OCH3 is 1. The van der Waals surface area contributed by atoms with Crippen LogP contribution in [-0.2, 0) is 13.1 Å². The molecule has 0 unspecified atom stereocenters. The van der Waals surface area contributed by atoms with Crippen LogP contribution in [-0.4, -0.2) is 33.7 Å².